The van der Waals surface area contributed by atoms with Crippen LogP contribution in [0, 0.1) is 0 Å². The van der Waals surface area contributed by atoms with Crippen molar-refractivity contribution in [2.75, 3.05) is 0 Å². The minimum atomic E-state index is -0.231. The molecular formula is C7H9BrOS. The predicted molar refractivity (Wildman–Crippen MR) is 47.4 cm³/mol. The summed E-state index contributed by atoms with van der Waals surface area (Å²) in [5.74, 6) is 0. The van der Waals surface area contributed by atoms with E-state index in [1.807, 2.05) is 12.1 Å². The lowest BCUT2D eigenvalue weighted by atomic mass is 10.2. The van der Waals surface area contributed by atoms with Gasteiger partial charge < -0.3 is 5.11 Å². The highest BCUT2D eigenvalue weighted by Gasteiger charge is 2.00. The maximum absolute atomic E-state index is 9.01. The van der Waals surface area contributed by atoms with Crippen LogP contribution < -0.4 is 0 Å². The highest BCUT2D eigenvalue weighted by Crippen LogP contribution is 2.22. The third-order valence-corrected chi connectivity index (χ3v) is 2.77. The fourth-order valence-electron chi connectivity index (χ4n) is 0.753. The van der Waals surface area contributed by atoms with Crippen molar-refractivity contribution in [1.29, 1.82) is 0 Å². The van der Waals surface area contributed by atoms with Gasteiger partial charge in [0.2, 0.25) is 0 Å². The Labute approximate surface area is 72.8 Å². The normalized spacial score (nSPS) is 13.5. The second-order valence-electron chi connectivity index (χ2n) is 2.26. The molecule has 1 atom stereocenters. The molecule has 0 spiro atoms. The molecule has 1 rings (SSSR count). The monoisotopic (exact) mass is 220 g/mol. The van der Waals surface area contributed by atoms with Gasteiger partial charge in [0.25, 0.3) is 0 Å². The number of aliphatic hydroxyl groups excluding tert-OH is 1. The first-order chi connectivity index (χ1) is 4.68. The lowest BCUT2D eigenvalue weighted by Crippen LogP contribution is -2.01. The summed E-state index contributed by atoms with van der Waals surface area (Å²) >= 11 is 5.03. The smallest absolute Gasteiger partial charge is 0.0701 e. The summed E-state index contributed by atoms with van der Waals surface area (Å²) in [6.07, 6.45) is 0.529. The summed E-state index contributed by atoms with van der Waals surface area (Å²) in [6, 6.07) is 4.03. The Morgan fingerprint density at radius 2 is 2.40 bits per heavy atom. The van der Waals surface area contributed by atoms with Crippen molar-refractivity contribution in [2.45, 2.75) is 19.4 Å². The Balaban J connectivity index is 2.58. The molecule has 0 saturated carbocycles. The van der Waals surface area contributed by atoms with Crippen molar-refractivity contribution in [3.8, 4) is 0 Å². The number of thiophene rings is 1. The Morgan fingerprint density at radius 3 is 2.80 bits per heavy atom. The van der Waals surface area contributed by atoms with Crippen molar-refractivity contribution < 1.29 is 5.11 Å². The zero-order chi connectivity index (χ0) is 7.56. The second kappa shape index (κ2) is 3.51. The molecule has 1 aromatic heterocycles. The van der Waals surface area contributed by atoms with Crippen molar-refractivity contribution in [2.24, 2.45) is 0 Å². The topological polar surface area (TPSA) is 20.2 Å². The highest BCUT2D eigenvalue weighted by molar-refractivity contribution is 9.11. The molecule has 0 bridgehead atoms. The van der Waals surface area contributed by atoms with Crippen molar-refractivity contribution in [3.05, 3.63) is 20.8 Å². The van der Waals surface area contributed by atoms with Crippen LogP contribution in [-0.2, 0) is 6.42 Å². The van der Waals surface area contributed by atoms with E-state index in [4.69, 9.17) is 5.11 Å². The van der Waals surface area contributed by atoms with Gasteiger partial charge in [-0.15, -0.1) is 11.3 Å². The minimum Gasteiger partial charge on any atom is -0.393 e. The van der Waals surface area contributed by atoms with Gasteiger partial charge >= 0.3 is 0 Å². The van der Waals surface area contributed by atoms with Gasteiger partial charge in [-0.05, 0) is 35.0 Å². The van der Waals surface area contributed by atoms with Gasteiger partial charge in [0.15, 0.2) is 0 Å². The molecule has 0 aliphatic carbocycles. The first-order valence-corrected chi connectivity index (χ1v) is 4.71. The maximum Gasteiger partial charge on any atom is 0.0701 e. The SMILES string of the molecule is C[C@@H](O)Cc1ccc(Br)s1. The van der Waals surface area contributed by atoms with Crippen molar-refractivity contribution >= 4 is 27.3 Å². The predicted octanol–water partition coefficient (Wildman–Crippen LogP) is 2.43. The van der Waals surface area contributed by atoms with E-state index in [1.165, 1.54) is 4.88 Å². The summed E-state index contributed by atoms with van der Waals surface area (Å²) in [5, 5.41) is 9.01. The number of hydrogen-bond acceptors (Lipinski definition) is 2. The van der Waals surface area contributed by atoms with E-state index < -0.39 is 0 Å². The first-order valence-electron chi connectivity index (χ1n) is 3.11. The van der Waals surface area contributed by atoms with Gasteiger partial charge in [0, 0.05) is 11.3 Å². The maximum atomic E-state index is 9.01. The molecule has 10 heavy (non-hydrogen) atoms. The second-order valence-corrected chi connectivity index (χ2v) is 4.81. The lowest BCUT2D eigenvalue weighted by Gasteiger charge is -1.98. The zero-order valence-electron chi connectivity index (χ0n) is 5.67. The molecular weight excluding hydrogens is 212 g/mol. The van der Waals surface area contributed by atoms with Gasteiger partial charge in [0.05, 0.1) is 9.89 Å². The first kappa shape index (κ1) is 8.24. The third-order valence-electron chi connectivity index (χ3n) is 1.13. The largest absolute Gasteiger partial charge is 0.393 e. The molecule has 0 aliphatic heterocycles. The molecule has 0 unspecified atom stereocenters. The molecule has 56 valence electrons. The Hall–Kier alpha value is 0.140. The summed E-state index contributed by atoms with van der Waals surface area (Å²) in [4.78, 5) is 1.22. The molecule has 0 aliphatic rings. The van der Waals surface area contributed by atoms with Gasteiger partial charge in [-0.1, -0.05) is 0 Å². The van der Waals surface area contributed by atoms with E-state index in [1.54, 1.807) is 18.3 Å². The molecule has 0 radical (unpaired) electrons. The lowest BCUT2D eigenvalue weighted by molar-refractivity contribution is 0.196. The average Bonchev–Trinajstić information content (AvgIpc) is 2.13. The molecule has 1 N–H and O–H groups in total. The van der Waals surface area contributed by atoms with Crippen LogP contribution in [0.15, 0.2) is 15.9 Å². The number of aliphatic hydroxyl groups is 1. The quantitative estimate of drug-likeness (QED) is 0.813. The Bertz CT molecular complexity index is 207. The zero-order valence-corrected chi connectivity index (χ0v) is 8.08. The molecule has 0 aromatic carbocycles. The van der Waals surface area contributed by atoms with Crippen molar-refractivity contribution in [1.82, 2.24) is 0 Å². The Kier molecular flexibility index (Phi) is 2.89. The molecule has 0 saturated heterocycles. The van der Waals surface area contributed by atoms with Crippen LogP contribution in [0.1, 0.15) is 11.8 Å². The Morgan fingerprint density at radius 1 is 1.70 bits per heavy atom. The van der Waals surface area contributed by atoms with E-state index >= 15 is 0 Å². The molecule has 1 aromatic rings. The standard InChI is InChI=1S/C7H9BrOS/c1-5(9)4-6-2-3-7(8)10-6/h2-3,5,9H,4H2,1H3/t5-/m1/s1. The van der Waals surface area contributed by atoms with Crippen LogP contribution in [0.25, 0.3) is 0 Å². The molecule has 0 amide bonds. The third kappa shape index (κ3) is 2.40. The van der Waals surface area contributed by atoms with Gasteiger partial charge in [-0.3, -0.25) is 0 Å². The van der Waals surface area contributed by atoms with E-state index in [0.29, 0.717) is 0 Å². The highest BCUT2D eigenvalue weighted by atomic mass is 79.9. The molecule has 0 fully saturated rings. The van der Waals surface area contributed by atoms with Crippen LogP contribution in [0.4, 0.5) is 0 Å². The summed E-state index contributed by atoms with van der Waals surface area (Å²) in [7, 11) is 0. The minimum absolute atomic E-state index is 0.231. The van der Waals surface area contributed by atoms with Crippen LogP contribution in [0.5, 0.6) is 0 Å². The fraction of sp³-hybridized carbons (Fsp3) is 0.429. The fourth-order valence-corrected chi connectivity index (χ4v) is 2.36. The number of halogens is 1. The van der Waals surface area contributed by atoms with Crippen LogP contribution in [0.2, 0.25) is 0 Å². The van der Waals surface area contributed by atoms with Crippen LogP contribution in [0.3, 0.4) is 0 Å². The van der Waals surface area contributed by atoms with E-state index in [9.17, 15) is 0 Å². The van der Waals surface area contributed by atoms with Crippen molar-refractivity contribution in [3.63, 3.8) is 0 Å². The van der Waals surface area contributed by atoms with E-state index in [-0.39, 0.29) is 6.10 Å². The van der Waals surface area contributed by atoms with E-state index in [2.05, 4.69) is 15.9 Å². The van der Waals surface area contributed by atoms with Crippen LogP contribution >= 0.6 is 27.3 Å². The molecule has 1 heterocycles. The summed E-state index contributed by atoms with van der Waals surface area (Å²) < 4.78 is 1.13. The molecule has 1 nitrogen and oxygen atoms in total. The average molecular weight is 221 g/mol. The summed E-state index contributed by atoms with van der Waals surface area (Å²) in [5.41, 5.74) is 0. The molecule has 3 heteroatoms. The van der Waals surface area contributed by atoms with E-state index in [0.717, 1.165) is 10.2 Å². The number of hydrogen-bond donors (Lipinski definition) is 1. The number of rotatable bonds is 2. The van der Waals surface area contributed by atoms with Gasteiger partial charge in [0.1, 0.15) is 0 Å². The van der Waals surface area contributed by atoms with Gasteiger partial charge in [-0.2, -0.15) is 0 Å². The van der Waals surface area contributed by atoms with Gasteiger partial charge in [-0.25, -0.2) is 0 Å². The summed E-state index contributed by atoms with van der Waals surface area (Å²) in [6.45, 7) is 1.80. The van der Waals surface area contributed by atoms with Crippen LogP contribution in [-0.4, -0.2) is 11.2 Å².